The molecule has 1 aliphatic rings. The molecule has 0 aromatic heterocycles. The van der Waals surface area contributed by atoms with Gasteiger partial charge in [0.15, 0.2) is 0 Å². The lowest BCUT2D eigenvalue weighted by atomic mass is 9.82. The minimum absolute atomic E-state index is 0.157. The van der Waals surface area contributed by atoms with E-state index in [9.17, 15) is 9.90 Å². The lowest BCUT2D eigenvalue weighted by molar-refractivity contribution is -0.121. The van der Waals surface area contributed by atoms with E-state index in [2.05, 4.69) is 0 Å². The Morgan fingerprint density at radius 3 is 2.93 bits per heavy atom. The molecule has 2 nitrogen and oxygen atoms in total. The van der Waals surface area contributed by atoms with Gasteiger partial charge in [0.1, 0.15) is 11.5 Å². The van der Waals surface area contributed by atoms with Crippen LogP contribution in [0.4, 0.5) is 0 Å². The van der Waals surface area contributed by atoms with Gasteiger partial charge in [0.2, 0.25) is 0 Å². The van der Waals surface area contributed by atoms with E-state index in [1.165, 1.54) is 5.56 Å². The van der Waals surface area contributed by atoms with Crippen molar-refractivity contribution < 1.29 is 9.90 Å². The number of phenolic OH excluding ortho intramolecular Hbond substituents is 1. The average Bonchev–Trinajstić information content (AvgIpc) is 2.16. The molecule has 1 unspecified atom stereocenters. The molecular weight excluding hydrogens is 176 g/mol. The molecule has 2 rings (SSSR count). The van der Waals surface area contributed by atoms with Crippen LogP contribution < -0.4 is 0 Å². The third-order valence-corrected chi connectivity index (χ3v) is 2.99. The third kappa shape index (κ3) is 1.65. The Morgan fingerprint density at radius 1 is 1.43 bits per heavy atom. The van der Waals surface area contributed by atoms with Crippen molar-refractivity contribution in [1.29, 1.82) is 0 Å². The fourth-order valence-electron chi connectivity index (χ4n) is 2.09. The van der Waals surface area contributed by atoms with Gasteiger partial charge in [-0.2, -0.15) is 0 Å². The molecule has 1 aromatic rings. The van der Waals surface area contributed by atoms with E-state index in [-0.39, 0.29) is 11.7 Å². The summed E-state index contributed by atoms with van der Waals surface area (Å²) in [4.78, 5) is 11.2. The van der Waals surface area contributed by atoms with Crippen LogP contribution in [0.2, 0.25) is 0 Å². The van der Waals surface area contributed by atoms with Crippen LogP contribution in [0.5, 0.6) is 5.75 Å². The minimum Gasteiger partial charge on any atom is -0.508 e. The maximum absolute atomic E-state index is 11.2. The monoisotopic (exact) mass is 190 g/mol. The highest BCUT2D eigenvalue weighted by Gasteiger charge is 2.21. The summed E-state index contributed by atoms with van der Waals surface area (Å²) in [5.41, 5.74) is 2.41. The van der Waals surface area contributed by atoms with Gasteiger partial charge in [0, 0.05) is 5.92 Å². The molecule has 14 heavy (non-hydrogen) atoms. The van der Waals surface area contributed by atoms with E-state index >= 15 is 0 Å². The van der Waals surface area contributed by atoms with Crippen molar-refractivity contribution >= 4 is 5.78 Å². The number of carbonyl (C=O) groups is 1. The predicted molar refractivity (Wildman–Crippen MR) is 54.3 cm³/mol. The maximum atomic E-state index is 11.2. The summed E-state index contributed by atoms with van der Waals surface area (Å²) in [6, 6.07) is 5.46. The second-order valence-electron chi connectivity index (χ2n) is 4.00. The molecule has 74 valence electrons. The molecule has 1 aromatic carbocycles. The lowest BCUT2D eigenvalue weighted by Crippen LogP contribution is -2.20. The van der Waals surface area contributed by atoms with Crippen LogP contribution in [0.1, 0.15) is 24.5 Å². The number of fused-ring (bicyclic) bond motifs is 1. The lowest BCUT2D eigenvalue weighted by Gasteiger charge is -2.22. The Labute approximate surface area is 83.6 Å². The summed E-state index contributed by atoms with van der Waals surface area (Å²) in [5, 5.41) is 9.33. The molecule has 0 spiro atoms. The molecule has 1 N–H and O–H groups in total. The summed E-state index contributed by atoms with van der Waals surface area (Å²) < 4.78 is 0. The van der Waals surface area contributed by atoms with Gasteiger partial charge in [-0.25, -0.2) is 0 Å². The molecule has 2 heteroatoms. The van der Waals surface area contributed by atoms with Crippen molar-refractivity contribution in [2.24, 2.45) is 5.92 Å². The van der Waals surface area contributed by atoms with Crippen LogP contribution in [0.15, 0.2) is 18.2 Å². The maximum Gasteiger partial charge on any atom is 0.133 e. The Kier molecular flexibility index (Phi) is 2.28. The number of ketones is 1. The number of aromatic hydroxyl groups is 1. The highest BCUT2D eigenvalue weighted by Crippen LogP contribution is 2.28. The molecule has 0 aliphatic heterocycles. The second-order valence-corrected chi connectivity index (χ2v) is 4.00. The Hall–Kier alpha value is -1.31. The van der Waals surface area contributed by atoms with Gasteiger partial charge < -0.3 is 5.11 Å². The van der Waals surface area contributed by atoms with Crippen LogP contribution in [0.3, 0.4) is 0 Å². The molecule has 0 saturated heterocycles. The number of carbonyl (C=O) groups excluding carboxylic acids is 1. The Morgan fingerprint density at radius 2 is 2.21 bits per heavy atom. The Bertz CT molecular complexity index is 369. The zero-order chi connectivity index (χ0) is 10.1. The van der Waals surface area contributed by atoms with E-state index in [1.807, 2.05) is 6.07 Å². The fraction of sp³-hybridized carbons (Fsp3) is 0.417. The molecule has 0 bridgehead atoms. The highest BCUT2D eigenvalue weighted by molar-refractivity contribution is 5.79. The predicted octanol–water partition coefficient (Wildman–Crippen LogP) is 2.09. The third-order valence-electron chi connectivity index (χ3n) is 2.99. The largest absolute Gasteiger partial charge is 0.508 e. The number of Topliss-reactive ketones (excluding diaryl/α,β-unsaturated/α-hetero) is 1. The number of hydrogen-bond acceptors (Lipinski definition) is 2. The fourth-order valence-corrected chi connectivity index (χ4v) is 2.09. The molecule has 1 aliphatic carbocycles. The quantitative estimate of drug-likeness (QED) is 0.736. The van der Waals surface area contributed by atoms with E-state index in [1.54, 1.807) is 19.1 Å². The van der Waals surface area contributed by atoms with Gasteiger partial charge in [0.25, 0.3) is 0 Å². The van der Waals surface area contributed by atoms with Gasteiger partial charge in [-0.15, -0.1) is 0 Å². The number of rotatable bonds is 1. The zero-order valence-corrected chi connectivity index (χ0v) is 8.29. The summed E-state index contributed by atoms with van der Waals surface area (Å²) in [6.07, 6.45) is 2.70. The SMILES string of the molecule is CC(=O)C1CCc2ccc(O)cc2C1. The van der Waals surface area contributed by atoms with Crippen LogP contribution in [-0.2, 0) is 17.6 Å². The smallest absolute Gasteiger partial charge is 0.133 e. The van der Waals surface area contributed by atoms with Crippen molar-refractivity contribution in [2.75, 3.05) is 0 Å². The minimum atomic E-state index is 0.157. The first-order valence-electron chi connectivity index (χ1n) is 4.98. The van der Waals surface area contributed by atoms with E-state index in [0.717, 1.165) is 24.8 Å². The molecule has 0 radical (unpaired) electrons. The average molecular weight is 190 g/mol. The van der Waals surface area contributed by atoms with Crippen LogP contribution in [0.25, 0.3) is 0 Å². The number of hydrogen-bond donors (Lipinski definition) is 1. The molecule has 0 amide bonds. The van der Waals surface area contributed by atoms with Gasteiger partial charge in [0.05, 0.1) is 0 Å². The van der Waals surface area contributed by atoms with Crippen molar-refractivity contribution in [2.45, 2.75) is 26.2 Å². The van der Waals surface area contributed by atoms with Crippen LogP contribution in [0, 0.1) is 5.92 Å². The normalized spacial score (nSPS) is 20.2. The molecular formula is C12H14O2. The van der Waals surface area contributed by atoms with Crippen molar-refractivity contribution in [3.05, 3.63) is 29.3 Å². The first kappa shape index (κ1) is 9.25. The first-order chi connectivity index (χ1) is 6.66. The first-order valence-corrected chi connectivity index (χ1v) is 4.98. The van der Waals surface area contributed by atoms with Crippen LogP contribution in [-0.4, -0.2) is 10.9 Å². The second kappa shape index (κ2) is 3.45. The number of aryl methyl sites for hydroxylation is 1. The van der Waals surface area contributed by atoms with E-state index in [0.29, 0.717) is 5.75 Å². The standard InChI is InChI=1S/C12H14O2/c1-8(13)10-3-2-9-4-5-12(14)7-11(9)6-10/h4-5,7,10,14H,2-3,6H2,1H3. The van der Waals surface area contributed by atoms with Crippen molar-refractivity contribution in [1.82, 2.24) is 0 Å². The number of benzene rings is 1. The van der Waals surface area contributed by atoms with E-state index < -0.39 is 0 Å². The highest BCUT2D eigenvalue weighted by atomic mass is 16.3. The molecule has 0 heterocycles. The summed E-state index contributed by atoms with van der Waals surface area (Å²) in [7, 11) is 0. The molecule has 0 saturated carbocycles. The van der Waals surface area contributed by atoms with Gasteiger partial charge in [-0.3, -0.25) is 4.79 Å². The van der Waals surface area contributed by atoms with Crippen molar-refractivity contribution in [3.8, 4) is 5.75 Å². The van der Waals surface area contributed by atoms with Crippen molar-refractivity contribution in [3.63, 3.8) is 0 Å². The zero-order valence-electron chi connectivity index (χ0n) is 8.29. The molecule has 1 atom stereocenters. The van der Waals surface area contributed by atoms with E-state index in [4.69, 9.17) is 0 Å². The summed E-state index contributed by atoms with van der Waals surface area (Å²) in [5.74, 6) is 0.719. The van der Waals surface area contributed by atoms with Gasteiger partial charge >= 0.3 is 0 Å². The Balaban J connectivity index is 2.29. The molecule has 0 fully saturated rings. The van der Waals surface area contributed by atoms with Gasteiger partial charge in [-0.05, 0) is 49.4 Å². The number of phenols is 1. The topological polar surface area (TPSA) is 37.3 Å². The van der Waals surface area contributed by atoms with Gasteiger partial charge in [-0.1, -0.05) is 6.07 Å². The van der Waals surface area contributed by atoms with Crippen LogP contribution >= 0.6 is 0 Å². The summed E-state index contributed by atoms with van der Waals surface area (Å²) >= 11 is 0. The summed E-state index contributed by atoms with van der Waals surface area (Å²) in [6.45, 7) is 1.65.